The molecule has 4 heteroatoms. The lowest BCUT2D eigenvalue weighted by molar-refractivity contribution is 0.00679. The van der Waals surface area contributed by atoms with Crippen molar-refractivity contribution < 1.29 is 9.47 Å². The van der Waals surface area contributed by atoms with E-state index in [1.807, 2.05) is 38.1 Å². The molecule has 1 rings (SSSR count). The third kappa shape index (κ3) is 4.00. The Balaban J connectivity index is 2.86. The second kappa shape index (κ2) is 6.00. The minimum absolute atomic E-state index is 0.0417. The smallest absolute Gasteiger partial charge is 0.119 e. The van der Waals surface area contributed by atoms with Crippen molar-refractivity contribution in [2.24, 2.45) is 5.84 Å². The summed E-state index contributed by atoms with van der Waals surface area (Å²) in [7, 11) is 3.36. The van der Waals surface area contributed by atoms with E-state index in [-0.39, 0.29) is 11.6 Å². The van der Waals surface area contributed by atoms with Gasteiger partial charge in [0, 0.05) is 13.2 Å². The van der Waals surface area contributed by atoms with Crippen molar-refractivity contribution in [2.45, 2.75) is 31.9 Å². The Morgan fingerprint density at radius 1 is 1.35 bits per heavy atom. The maximum absolute atomic E-state index is 5.61. The third-order valence-electron chi connectivity index (χ3n) is 2.95. The molecule has 1 unspecified atom stereocenters. The minimum atomic E-state index is -0.222. The molecule has 0 saturated carbocycles. The number of rotatable bonds is 6. The molecule has 1 atom stereocenters. The summed E-state index contributed by atoms with van der Waals surface area (Å²) in [5.74, 6) is 6.44. The molecule has 0 saturated heterocycles. The molecule has 0 spiro atoms. The number of hydrogen-bond acceptors (Lipinski definition) is 4. The van der Waals surface area contributed by atoms with Gasteiger partial charge in [0.2, 0.25) is 0 Å². The highest BCUT2D eigenvalue weighted by molar-refractivity contribution is 5.30. The van der Waals surface area contributed by atoms with Crippen LogP contribution >= 0.6 is 0 Å². The lowest BCUT2D eigenvalue weighted by Crippen LogP contribution is -2.35. The van der Waals surface area contributed by atoms with Gasteiger partial charge in [-0.15, -0.1) is 0 Å². The molecule has 96 valence electrons. The fourth-order valence-electron chi connectivity index (χ4n) is 1.71. The summed E-state index contributed by atoms with van der Waals surface area (Å²) in [5.41, 5.74) is 3.70. The summed E-state index contributed by atoms with van der Waals surface area (Å²) in [5, 5.41) is 0. The van der Waals surface area contributed by atoms with Crippen LogP contribution in [-0.4, -0.2) is 19.8 Å². The van der Waals surface area contributed by atoms with Gasteiger partial charge in [-0.3, -0.25) is 11.3 Å². The van der Waals surface area contributed by atoms with E-state index in [0.717, 1.165) is 17.7 Å². The van der Waals surface area contributed by atoms with Crippen LogP contribution < -0.4 is 16.0 Å². The van der Waals surface area contributed by atoms with Crippen molar-refractivity contribution in [2.75, 3.05) is 14.2 Å². The van der Waals surface area contributed by atoms with Gasteiger partial charge in [0.15, 0.2) is 0 Å². The molecule has 0 aliphatic rings. The Hall–Kier alpha value is -1.10. The molecule has 1 aromatic carbocycles. The van der Waals surface area contributed by atoms with E-state index < -0.39 is 0 Å². The summed E-state index contributed by atoms with van der Waals surface area (Å²) >= 11 is 0. The molecular formula is C13H22N2O2. The van der Waals surface area contributed by atoms with E-state index in [4.69, 9.17) is 15.3 Å². The van der Waals surface area contributed by atoms with Crippen LogP contribution in [0.2, 0.25) is 0 Å². The quantitative estimate of drug-likeness (QED) is 0.588. The normalized spacial score (nSPS) is 13.5. The topological polar surface area (TPSA) is 56.5 Å². The molecule has 17 heavy (non-hydrogen) atoms. The minimum Gasteiger partial charge on any atom is -0.497 e. The fourth-order valence-corrected chi connectivity index (χ4v) is 1.71. The second-order valence-corrected chi connectivity index (χ2v) is 4.66. The first kappa shape index (κ1) is 14.0. The predicted octanol–water partition coefficient (Wildman–Crippen LogP) is 2.01. The third-order valence-corrected chi connectivity index (χ3v) is 2.95. The summed E-state index contributed by atoms with van der Waals surface area (Å²) in [6.45, 7) is 4.08. The fraction of sp³-hybridized carbons (Fsp3) is 0.538. The first-order chi connectivity index (χ1) is 8.02. The lowest BCUT2D eigenvalue weighted by atomic mass is 9.94. The van der Waals surface area contributed by atoms with Crippen LogP contribution in [0.5, 0.6) is 5.75 Å². The van der Waals surface area contributed by atoms with Gasteiger partial charge in [-0.05, 0) is 38.0 Å². The van der Waals surface area contributed by atoms with Gasteiger partial charge < -0.3 is 9.47 Å². The summed E-state index contributed by atoms with van der Waals surface area (Å²) in [6.07, 6.45) is 0.785. The molecule has 0 aromatic heterocycles. The highest BCUT2D eigenvalue weighted by Gasteiger charge is 2.23. The molecular weight excluding hydrogens is 216 g/mol. The van der Waals surface area contributed by atoms with Crippen molar-refractivity contribution in [3.63, 3.8) is 0 Å². The van der Waals surface area contributed by atoms with Crippen LogP contribution in [0.3, 0.4) is 0 Å². The average molecular weight is 238 g/mol. The number of hydrazine groups is 1. The van der Waals surface area contributed by atoms with Gasteiger partial charge in [-0.1, -0.05) is 12.1 Å². The number of ether oxygens (including phenoxy) is 2. The van der Waals surface area contributed by atoms with E-state index in [1.165, 1.54) is 0 Å². The number of benzene rings is 1. The molecule has 1 aromatic rings. The van der Waals surface area contributed by atoms with Crippen LogP contribution in [0.4, 0.5) is 0 Å². The lowest BCUT2D eigenvalue weighted by Gasteiger charge is -2.28. The molecule has 0 heterocycles. The molecule has 0 aliphatic carbocycles. The van der Waals surface area contributed by atoms with Crippen LogP contribution in [0.25, 0.3) is 0 Å². The summed E-state index contributed by atoms with van der Waals surface area (Å²) in [4.78, 5) is 0. The van der Waals surface area contributed by atoms with Gasteiger partial charge in [0.05, 0.1) is 12.7 Å². The maximum Gasteiger partial charge on any atom is 0.119 e. The van der Waals surface area contributed by atoms with Gasteiger partial charge in [-0.2, -0.15) is 0 Å². The first-order valence-corrected chi connectivity index (χ1v) is 5.67. The predicted molar refractivity (Wildman–Crippen MR) is 68.8 cm³/mol. The molecule has 0 amide bonds. The van der Waals surface area contributed by atoms with Gasteiger partial charge in [-0.25, -0.2) is 0 Å². The number of hydrogen-bond donors (Lipinski definition) is 2. The van der Waals surface area contributed by atoms with Crippen LogP contribution in [-0.2, 0) is 4.74 Å². The number of nitrogens with two attached hydrogens (primary N) is 1. The Bertz CT molecular complexity index is 353. The average Bonchev–Trinajstić information content (AvgIpc) is 2.36. The van der Waals surface area contributed by atoms with Crippen LogP contribution in [0.1, 0.15) is 31.9 Å². The molecule has 0 fully saturated rings. The molecule has 0 radical (unpaired) electrons. The first-order valence-electron chi connectivity index (χ1n) is 5.67. The highest BCUT2D eigenvalue weighted by atomic mass is 16.5. The van der Waals surface area contributed by atoms with Crippen molar-refractivity contribution >= 4 is 0 Å². The second-order valence-electron chi connectivity index (χ2n) is 4.66. The molecule has 0 aliphatic heterocycles. The molecule has 0 bridgehead atoms. The summed E-state index contributed by atoms with van der Waals surface area (Å²) in [6, 6.07) is 7.92. The van der Waals surface area contributed by atoms with E-state index in [0.29, 0.717) is 0 Å². The van der Waals surface area contributed by atoms with Crippen molar-refractivity contribution in [1.29, 1.82) is 0 Å². The van der Waals surface area contributed by atoms with Gasteiger partial charge >= 0.3 is 0 Å². The van der Waals surface area contributed by atoms with Crippen molar-refractivity contribution in [3.05, 3.63) is 29.8 Å². The van der Waals surface area contributed by atoms with Crippen molar-refractivity contribution in [1.82, 2.24) is 5.43 Å². The zero-order chi connectivity index (χ0) is 12.9. The SMILES string of the molecule is COc1cccc(C(CC(C)(C)OC)NN)c1. The summed E-state index contributed by atoms with van der Waals surface area (Å²) < 4.78 is 10.6. The molecule has 3 N–H and O–H groups in total. The monoisotopic (exact) mass is 238 g/mol. The van der Waals surface area contributed by atoms with E-state index in [9.17, 15) is 0 Å². The number of methoxy groups -OCH3 is 2. The highest BCUT2D eigenvalue weighted by Crippen LogP contribution is 2.27. The Kier molecular flexibility index (Phi) is 4.93. The zero-order valence-corrected chi connectivity index (χ0v) is 11.0. The van der Waals surface area contributed by atoms with E-state index >= 15 is 0 Å². The largest absolute Gasteiger partial charge is 0.497 e. The standard InChI is InChI=1S/C13H22N2O2/c1-13(2,17-4)9-12(15-14)10-6-5-7-11(8-10)16-3/h5-8,12,15H,9,14H2,1-4H3. The zero-order valence-electron chi connectivity index (χ0n) is 11.0. The Morgan fingerprint density at radius 2 is 2.06 bits per heavy atom. The van der Waals surface area contributed by atoms with E-state index in [2.05, 4.69) is 5.43 Å². The van der Waals surface area contributed by atoms with Gasteiger partial charge in [0.1, 0.15) is 5.75 Å². The van der Waals surface area contributed by atoms with E-state index in [1.54, 1.807) is 14.2 Å². The Labute approximate surface area is 103 Å². The maximum atomic E-state index is 5.61. The number of nitrogens with one attached hydrogen (secondary N) is 1. The Morgan fingerprint density at radius 3 is 2.59 bits per heavy atom. The molecule has 4 nitrogen and oxygen atoms in total. The van der Waals surface area contributed by atoms with Crippen LogP contribution in [0, 0.1) is 0 Å². The van der Waals surface area contributed by atoms with Gasteiger partial charge in [0.25, 0.3) is 0 Å². The van der Waals surface area contributed by atoms with Crippen molar-refractivity contribution in [3.8, 4) is 5.75 Å². The van der Waals surface area contributed by atoms with Crippen LogP contribution in [0.15, 0.2) is 24.3 Å².